The summed E-state index contributed by atoms with van der Waals surface area (Å²) in [5.74, 6) is 0.687. The van der Waals surface area contributed by atoms with Crippen LogP contribution in [0, 0.1) is 13.8 Å². The van der Waals surface area contributed by atoms with Gasteiger partial charge in [-0.2, -0.15) is 0 Å². The van der Waals surface area contributed by atoms with Crippen LogP contribution in [-0.2, 0) is 11.8 Å². The van der Waals surface area contributed by atoms with E-state index in [0.717, 1.165) is 22.6 Å². The molecule has 1 aromatic carbocycles. The van der Waals surface area contributed by atoms with Gasteiger partial charge in [-0.1, -0.05) is 29.5 Å². The first-order valence-electron chi connectivity index (χ1n) is 8.30. The highest BCUT2D eigenvalue weighted by Gasteiger charge is 2.20. The zero-order valence-electron chi connectivity index (χ0n) is 15.2. The summed E-state index contributed by atoms with van der Waals surface area (Å²) >= 11 is 1.38. The second-order valence-corrected chi connectivity index (χ2v) is 7.48. The maximum Gasteiger partial charge on any atom is 0.237 e. The molecule has 0 fully saturated rings. The highest BCUT2D eigenvalue weighted by Crippen LogP contribution is 2.26. The van der Waals surface area contributed by atoms with Crippen molar-refractivity contribution >= 4 is 23.4 Å². The van der Waals surface area contributed by atoms with Crippen LogP contribution in [0.15, 0.2) is 47.9 Å². The third kappa shape index (κ3) is 3.94. The van der Waals surface area contributed by atoms with E-state index in [1.54, 1.807) is 12.4 Å². The molecule has 0 bridgehead atoms. The van der Waals surface area contributed by atoms with Gasteiger partial charge in [0.1, 0.15) is 0 Å². The first-order chi connectivity index (χ1) is 12.5. The number of thioether (sulfide) groups is 1. The first kappa shape index (κ1) is 18.1. The van der Waals surface area contributed by atoms with Crippen LogP contribution in [0.2, 0.25) is 0 Å². The Morgan fingerprint density at radius 2 is 1.88 bits per heavy atom. The van der Waals surface area contributed by atoms with Crippen molar-refractivity contribution < 1.29 is 4.79 Å². The Morgan fingerprint density at radius 3 is 2.58 bits per heavy atom. The number of pyridine rings is 1. The predicted octanol–water partition coefficient (Wildman–Crippen LogP) is 3.61. The topological polar surface area (TPSA) is 72.7 Å². The maximum absolute atomic E-state index is 12.5. The molecule has 0 aliphatic carbocycles. The molecule has 0 radical (unpaired) electrons. The van der Waals surface area contributed by atoms with Crippen molar-refractivity contribution in [1.82, 2.24) is 19.7 Å². The Morgan fingerprint density at radius 1 is 1.15 bits per heavy atom. The summed E-state index contributed by atoms with van der Waals surface area (Å²) in [7, 11) is 1.90. The van der Waals surface area contributed by atoms with E-state index >= 15 is 0 Å². The number of hydrogen-bond acceptors (Lipinski definition) is 5. The average Bonchev–Trinajstić information content (AvgIpc) is 2.98. The molecule has 26 heavy (non-hydrogen) atoms. The monoisotopic (exact) mass is 367 g/mol. The number of aryl methyl sites for hydroxylation is 2. The summed E-state index contributed by atoms with van der Waals surface area (Å²) in [5, 5.41) is 11.8. The van der Waals surface area contributed by atoms with Crippen LogP contribution in [-0.4, -0.2) is 30.9 Å². The third-order valence-corrected chi connectivity index (χ3v) is 5.20. The smallest absolute Gasteiger partial charge is 0.237 e. The van der Waals surface area contributed by atoms with Gasteiger partial charge < -0.3 is 9.88 Å². The van der Waals surface area contributed by atoms with Crippen LogP contribution in [0.3, 0.4) is 0 Å². The number of amides is 1. The molecule has 0 unspecified atom stereocenters. The van der Waals surface area contributed by atoms with Crippen molar-refractivity contribution in [3.8, 4) is 11.4 Å². The number of aromatic nitrogens is 4. The van der Waals surface area contributed by atoms with Crippen LogP contribution in [0.5, 0.6) is 0 Å². The lowest BCUT2D eigenvalue weighted by Gasteiger charge is -2.13. The summed E-state index contributed by atoms with van der Waals surface area (Å²) in [6.07, 6.45) is 3.44. The molecule has 1 N–H and O–H groups in total. The summed E-state index contributed by atoms with van der Waals surface area (Å²) in [5.41, 5.74) is 4.00. The van der Waals surface area contributed by atoms with E-state index in [9.17, 15) is 4.79 Å². The Labute approximate surface area is 157 Å². The van der Waals surface area contributed by atoms with Crippen molar-refractivity contribution in [2.75, 3.05) is 5.32 Å². The quantitative estimate of drug-likeness (QED) is 0.698. The first-order valence-corrected chi connectivity index (χ1v) is 9.18. The molecule has 0 saturated heterocycles. The number of benzene rings is 1. The van der Waals surface area contributed by atoms with Gasteiger partial charge >= 0.3 is 0 Å². The molecule has 7 heteroatoms. The Balaban J connectivity index is 1.71. The lowest BCUT2D eigenvalue weighted by Crippen LogP contribution is -2.23. The lowest BCUT2D eigenvalue weighted by atomic mass is 10.1. The number of rotatable bonds is 5. The third-order valence-electron chi connectivity index (χ3n) is 4.06. The van der Waals surface area contributed by atoms with Gasteiger partial charge in [0.15, 0.2) is 11.0 Å². The number of nitrogens with zero attached hydrogens (tertiary/aromatic N) is 4. The van der Waals surface area contributed by atoms with Gasteiger partial charge in [0.25, 0.3) is 0 Å². The summed E-state index contributed by atoms with van der Waals surface area (Å²) in [4.78, 5) is 16.6. The molecule has 0 aliphatic heterocycles. The second kappa shape index (κ2) is 7.70. The van der Waals surface area contributed by atoms with E-state index in [4.69, 9.17) is 0 Å². The van der Waals surface area contributed by atoms with Crippen molar-refractivity contribution in [2.45, 2.75) is 31.2 Å². The molecular weight excluding hydrogens is 346 g/mol. The molecule has 1 amide bonds. The normalized spacial score (nSPS) is 12.0. The van der Waals surface area contributed by atoms with Gasteiger partial charge in [0.2, 0.25) is 5.91 Å². The number of hydrogen-bond donors (Lipinski definition) is 1. The average molecular weight is 367 g/mol. The van der Waals surface area contributed by atoms with E-state index in [1.807, 2.05) is 56.7 Å². The molecule has 3 rings (SSSR count). The Hall–Kier alpha value is -2.67. The molecular formula is C19H21N5OS. The molecule has 0 saturated carbocycles. The standard InChI is InChI=1S/C19H21N5OS/c1-12-5-6-16(13(2)11-12)21-18(25)14(3)26-19-23-22-17(24(19)4)15-7-9-20-10-8-15/h5-11,14H,1-4H3,(H,21,25)/t14-/m1/s1. The zero-order valence-corrected chi connectivity index (χ0v) is 16.0. The largest absolute Gasteiger partial charge is 0.325 e. The highest BCUT2D eigenvalue weighted by molar-refractivity contribution is 8.00. The molecule has 6 nitrogen and oxygen atoms in total. The SMILES string of the molecule is Cc1ccc(NC(=O)[C@@H](C)Sc2nnc(-c3ccncc3)n2C)c(C)c1. The van der Waals surface area contributed by atoms with Gasteiger partial charge in [-0.15, -0.1) is 10.2 Å². The van der Waals surface area contributed by atoms with E-state index in [1.165, 1.54) is 17.3 Å². The van der Waals surface area contributed by atoms with Crippen molar-refractivity contribution in [3.63, 3.8) is 0 Å². The molecule has 134 valence electrons. The van der Waals surface area contributed by atoms with Crippen LogP contribution < -0.4 is 5.32 Å². The van der Waals surface area contributed by atoms with E-state index in [0.29, 0.717) is 5.16 Å². The molecule has 0 aliphatic rings. The van der Waals surface area contributed by atoms with Crippen molar-refractivity contribution in [2.24, 2.45) is 7.05 Å². The van der Waals surface area contributed by atoms with Gasteiger partial charge in [-0.3, -0.25) is 9.78 Å². The molecule has 3 aromatic rings. The lowest BCUT2D eigenvalue weighted by molar-refractivity contribution is -0.115. The summed E-state index contributed by atoms with van der Waals surface area (Å²) < 4.78 is 1.89. The van der Waals surface area contributed by atoms with Crippen LogP contribution in [0.1, 0.15) is 18.1 Å². The minimum absolute atomic E-state index is 0.0598. The Bertz CT molecular complexity index is 923. The minimum atomic E-state index is -0.302. The molecule has 1 atom stereocenters. The van der Waals surface area contributed by atoms with Gasteiger partial charge in [-0.05, 0) is 44.5 Å². The number of carbonyl (C=O) groups excluding carboxylic acids is 1. The van der Waals surface area contributed by atoms with Crippen molar-refractivity contribution in [3.05, 3.63) is 53.9 Å². The molecule has 2 aromatic heterocycles. The second-order valence-electron chi connectivity index (χ2n) is 6.17. The minimum Gasteiger partial charge on any atom is -0.325 e. The van der Waals surface area contributed by atoms with Gasteiger partial charge in [-0.25, -0.2) is 0 Å². The van der Waals surface area contributed by atoms with Crippen LogP contribution in [0.25, 0.3) is 11.4 Å². The summed E-state index contributed by atoms with van der Waals surface area (Å²) in [6, 6.07) is 9.74. The fraction of sp³-hybridized carbons (Fsp3) is 0.263. The zero-order chi connectivity index (χ0) is 18.7. The van der Waals surface area contributed by atoms with Crippen molar-refractivity contribution in [1.29, 1.82) is 0 Å². The number of anilines is 1. The number of carbonyl (C=O) groups is 1. The van der Waals surface area contributed by atoms with E-state index < -0.39 is 0 Å². The summed E-state index contributed by atoms with van der Waals surface area (Å²) in [6.45, 7) is 5.89. The fourth-order valence-corrected chi connectivity index (χ4v) is 3.38. The van der Waals surface area contributed by atoms with Crippen LogP contribution >= 0.6 is 11.8 Å². The predicted molar refractivity (Wildman–Crippen MR) is 104 cm³/mol. The van der Waals surface area contributed by atoms with Gasteiger partial charge in [0.05, 0.1) is 5.25 Å². The highest BCUT2D eigenvalue weighted by atomic mass is 32.2. The van der Waals surface area contributed by atoms with E-state index in [2.05, 4.69) is 26.6 Å². The Kier molecular flexibility index (Phi) is 5.37. The maximum atomic E-state index is 12.5. The number of nitrogens with one attached hydrogen (secondary N) is 1. The van der Waals surface area contributed by atoms with Crippen LogP contribution in [0.4, 0.5) is 5.69 Å². The fourth-order valence-electron chi connectivity index (χ4n) is 2.57. The van der Waals surface area contributed by atoms with Gasteiger partial charge in [0, 0.05) is 30.7 Å². The molecule has 0 spiro atoms. The molecule has 2 heterocycles. The van der Waals surface area contributed by atoms with E-state index in [-0.39, 0.29) is 11.2 Å².